The van der Waals surface area contributed by atoms with E-state index in [4.69, 9.17) is 5.11 Å². The van der Waals surface area contributed by atoms with Gasteiger partial charge < -0.3 is 5.11 Å². The third-order valence-electron chi connectivity index (χ3n) is 2.76. The lowest BCUT2D eigenvalue weighted by atomic mass is 10.0. The van der Waals surface area contributed by atoms with Crippen molar-refractivity contribution in [3.05, 3.63) is 53.6 Å². The number of nitro benzene ring substituents is 2. The van der Waals surface area contributed by atoms with Crippen LogP contribution < -0.4 is 0 Å². The first-order chi connectivity index (χ1) is 9.88. The van der Waals surface area contributed by atoms with Crippen LogP contribution in [-0.4, -0.2) is 20.9 Å². The maximum Gasteiger partial charge on any atom is 0.343 e. The summed E-state index contributed by atoms with van der Waals surface area (Å²) >= 11 is -2.08. The van der Waals surface area contributed by atoms with Crippen LogP contribution in [0, 0.1) is 23.8 Å². The van der Waals surface area contributed by atoms with E-state index in [1.165, 1.54) is 12.1 Å². The van der Waals surface area contributed by atoms with E-state index in [0.717, 1.165) is 12.1 Å². The van der Waals surface area contributed by atoms with E-state index in [9.17, 15) is 28.1 Å². The van der Waals surface area contributed by atoms with Crippen molar-refractivity contribution >= 4 is 49.3 Å². The van der Waals surface area contributed by atoms with E-state index in [1.54, 1.807) is 0 Å². The summed E-state index contributed by atoms with van der Waals surface area (Å²) in [4.78, 5) is 31.5. The number of fused-ring (bicyclic) bond motifs is 1. The molecule has 0 aliphatic carbocycles. The molecule has 2 aromatic rings. The molecule has 0 saturated heterocycles. The summed E-state index contributed by atoms with van der Waals surface area (Å²) in [6.45, 7) is 0. The predicted molar refractivity (Wildman–Crippen MR) is 77.6 cm³/mol. The number of halogens is 1. The lowest BCUT2D eigenvalue weighted by Gasteiger charge is -2.06. The Morgan fingerprint density at radius 2 is 1.71 bits per heavy atom. The Bertz CT molecular complexity index is 818. The standard InChI is InChI=1S/C11H5IN2O7/c15-11(16)9-8(14(20)21)4-6-5(10(9)12-17)2-1-3-7(6)13(18)19/h1-4H,(H,15,16). The first-order valence-corrected chi connectivity index (χ1v) is 7.23. The number of hydrogen-bond acceptors (Lipinski definition) is 6. The molecule has 0 bridgehead atoms. The van der Waals surface area contributed by atoms with Gasteiger partial charge in [0, 0.05) is 17.5 Å². The van der Waals surface area contributed by atoms with Gasteiger partial charge in [-0.3, -0.25) is 23.3 Å². The van der Waals surface area contributed by atoms with Gasteiger partial charge >= 0.3 is 5.97 Å². The number of non-ortho nitro benzene ring substituents is 1. The fraction of sp³-hybridized carbons (Fsp3) is 0. The molecule has 2 rings (SSSR count). The second kappa shape index (κ2) is 5.47. The van der Waals surface area contributed by atoms with Crippen LogP contribution in [0.5, 0.6) is 0 Å². The number of carboxylic acid groups (broad SMARTS) is 1. The van der Waals surface area contributed by atoms with Gasteiger partial charge in [-0.25, -0.2) is 4.79 Å². The van der Waals surface area contributed by atoms with Gasteiger partial charge in [0.1, 0.15) is 0 Å². The first-order valence-electron chi connectivity index (χ1n) is 5.27. The lowest BCUT2D eigenvalue weighted by molar-refractivity contribution is -0.386. The van der Waals surface area contributed by atoms with Gasteiger partial charge in [0.05, 0.1) is 18.8 Å². The summed E-state index contributed by atoms with van der Waals surface area (Å²) in [7, 11) is 0. The number of rotatable bonds is 4. The van der Waals surface area contributed by atoms with Gasteiger partial charge in [0.15, 0.2) is 26.8 Å². The number of nitro groups is 2. The van der Waals surface area contributed by atoms with E-state index >= 15 is 0 Å². The van der Waals surface area contributed by atoms with Crippen molar-refractivity contribution < 1.29 is 22.8 Å². The molecule has 1 N–H and O–H groups in total. The highest BCUT2D eigenvalue weighted by Crippen LogP contribution is 2.37. The summed E-state index contributed by atoms with van der Waals surface area (Å²) < 4.78 is 11.2. The highest BCUT2D eigenvalue weighted by Gasteiger charge is 2.29. The third-order valence-corrected chi connectivity index (χ3v) is 4.32. The minimum absolute atomic E-state index is 0.0787. The van der Waals surface area contributed by atoms with Gasteiger partial charge in [0.25, 0.3) is 11.4 Å². The molecule has 0 aliphatic rings. The van der Waals surface area contributed by atoms with Gasteiger partial charge in [0.2, 0.25) is 0 Å². The van der Waals surface area contributed by atoms with Crippen LogP contribution in [0.1, 0.15) is 10.4 Å². The van der Waals surface area contributed by atoms with Crippen LogP contribution in [0.4, 0.5) is 11.4 Å². The Kier molecular flexibility index (Phi) is 3.88. The quantitative estimate of drug-likeness (QED) is 0.469. The molecule has 0 fully saturated rings. The summed E-state index contributed by atoms with van der Waals surface area (Å²) in [6, 6.07) is 4.63. The molecule has 0 atom stereocenters. The zero-order valence-corrected chi connectivity index (χ0v) is 12.1. The molecule has 21 heavy (non-hydrogen) atoms. The van der Waals surface area contributed by atoms with Crippen LogP contribution in [0.2, 0.25) is 0 Å². The van der Waals surface area contributed by atoms with Crippen LogP contribution in [0.25, 0.3) is 10.8 Å². The van der Waals surface area contributed by atoms with Crippen molar-refractivity contribution in [1.82, 2.24) is 0 Å². The predicted octanol–water partition coefficient (Wildman–Crippen LogP) is 2.84. The molecule has 0 heterocycles. The Labute approximate surface area is 126 Å². The highest BCUT2D eigenvalue weighted by atomic mass is 127. The van der Waals surface area contributed by atoms with E-state index in [2.05, 4.69) is 0 Å². The van der Waals surface area contributed by atoms with Crippen molar-refractivity contribution in [2.24, 2.45) is 0 Å². The monoisotopic (exact) mass is 404 g/mol. The molecule has 2 aromatic carbocycles. The van der Waals surface area contributed by atoms with Crippen molar-refractivity contribution in [2.45, 2.75) is 0 Å². The molecule has 108 valence electrons. The summed E-state index contributed by atoms with van der Waals surface area (Å²) in [5, 5.41) is 31.0. The number of nitrogens with zero attached hydrogens (tertiary/aromatic N) is 2. The molecular weight excluding hydrogens is 399 g/mol. The molecule has 0 amide bonds. The molecule has 0 radical (unpaired) electrons. The number of carbonyl (C=O) groups is 1. The number of hydrogen-bond donors (Lipinski definition) is 1. The summed E-state index contributed by atoms with van der Waals surface area (Å²) in [5.41, 5.74) is -1.91. The zero-order chi connectivity index (χ0) is 15.7. The molecule has 0 aliphatic heterocycles. The van der Waals surface area contributed by atoms with Gasteiger partial charge in [-0.05, 0) is 0 Å². The first kappa shape index (κ1) is 14.9. The minimum Gasteiger partial charge on any atom is -0.477 e. The maximum absolute atomic E-state index is 11.4. The van der Waals surface area contributed by atoms with Crippen molar-refractivity contribution in [1.29, 1.82) is 0 Å². The van der Waals surface area contributed by atoms with Gasteiger partial charge in [-0.1, -0.05) is 12.1 Å². The summed E-state index contributed by atoms with van der Waals surface area (Å²) in [6.07, 6.45) is 0. The van der Waals surface area contributed by atoms with Crippen molar-refractivity contribution in [3.63, 3.8) is 0 Å². The maximum atomic E-state index is 11.4. The van der Waals surface area contributed by atoms with Crippen molar-refractivity contribution in [3.8, 4) is 0 Å². The van der Waals surface area contributed by atoms with Crippen LogP contribution >= 0.6 is 21.2 Å². The fourth-order valence-electron chi connectivity index (χ4n) is 1.94. The molecule has 0 spiro atoms. The minimum atomic E-state index is -2.08. The summed E-state index contributed by atoms with van der Waals surface area (Å²) in [5.74, 6) is -1.60. The second-order valence-electron chi connectivity index (χ2n) is 3.85. The molecule has 9 nitrogen and oxygen atoms in total. The second-order valence-corrected chi connectivity index (χ2v) is 5.37. The SMILES string of the molecule is O=Ic1c(C(=O)O)c([N+](=O)[O-])cc2c([N+](=O)[O-])cccc12. The van der Waals surface area contributed by atoms with Gasteiger partial charge in [-0.2, -0.15) is 0 Å². The average Bonchev–Trinajstić information content (AvgIpc) is 2.43. The Morgan fingerprint density at radius 1 is 1.10 bits per heavy atom. The molecule has 0 unspecified atom stereocenters. The number of carboxylic acids is 1. The van der Waals surface area contributed by atoms with Crippen LogP contribution in [-0.2, 0) is 3.07 Å². The number of benzene rings is 2. The molecule has 0 saturated carbocycles. The molecular formula is C11H5IN2O7. The fourth-order valence-corrected chi connectivity index (χ4v) is 3.37. The number of aromatic carboxylic acids is 1. The van der Waals surface area contributed by atoms with Crippen LogP contribution in [0.15, 0.2) is 24.3 Å². The third kappa shape index (κ3) is 2.44. The largest absolute Gasteiger partial charge is 0.477 e. The Morgan fingerprint density at radius 3 is 2.19 bits per heavy atom. The average molecular weight is 404 g/mol. The smallest absolute Gasteiger partial charge is 0.343 e. The molecule has 10 heteroatoms. The van der Waals surface area contributed by atoms with Crippen LogP contribution in [0.3, 0.4) is 0 Å². The van der Waals surface area contributed by atoms with E-state index in [0.29, 0.717) is 0 Å². The van der Waals surface area contributed by atoms with Crippen molar-refractivity contribution in [2.75, 3.05) is 0 Å². The Balaban J connectivity index is 3.08. The normalized spacial score (nSPS) is 10.5. The van der Waals surface area contributed by atoms with Gasteiger partial charge in [-0.15, -0.1) is 0 Å². The van der Waals surface area contributed by atoms with E-state index in [-0.39, 0.29) is 14.3 Å². The lowest BCUT2D eigenvalue weighted by Crippen LogP contribution is -2.06. The highest BCUT2D eigenvalue weighted by molar-refractivity contribution is 14.1. The Hall–Kier alpha value is -2.50. The topological polar surface area (TPSA) is 141 Å². The molecule has 0 aromatic heterocycles. The zero-order valence-electron chi connectivity index (χ0n) is 9.98. The van der Waals surface area contributed by atoms with E-state index in [1.807, 2.05) is 0 Å². The van der Waals surface area contributed by atoms with E-state index < -0.39 is 53.9 Å².